The van der Waals surface area contributed by atoms with Crippen LogP contribution in [0.3, 0.4) is 0 Å². The number of hydrogen-bond acceptors (Lipinski definition) is 1. The van der Waals surface area contributed by atoms with Crippen LogP contribution in [0.2, 0.25) is 15.1 Å². The lowest BCUT2D eigenvalue weighted by Gasteiger charge is -2.15. The summed E-state index contributed by atoms with van der Waals surface area (Å²) in [6.45, 7) is 0. The Labute approximate surface area is 126 Å². The molecule has 0 aromatic heterocycles. The molecule has 0 amide bonds. The maximum absolute atomic E-state index is 13.2. The minimum Gasteiger partial charge on any atom is -0.324 e. The molecule has 0 aliphatic carbocycles. The Morgan fingerprint density at radius 3 is 2.26 bits per heavy atom. The first kappa shape index (κ1) is 14.6. The zero-order valence-electron chi connectivity index (χ0n) is 9.84. The third kappa shape index (κ3) is 3.40. The summed E-state index contributed by atoms with van der Waals surface area (Å²) in [7, 11) is 0. The van der Waals surface area contributed by atoms with E-state index in [1.54, 1.807) is 18.2 Å². The van der Waals surface area contributed by atoms with E-state index in [9.17, 15) is 4.39 Å². The van der Waals surface area contributed by atoms with Crippen LogP contribution in [0.5, 0.6) is 0 Å². The summed E-state index contributed by atoms with van der Waals surface area (Å²) < 4.78 is 13.2. The molecule has 1 unspecified atom stereocenters. The Hall–Kier alpha value is -0.800. The number of benzene rings is 2. The molecule has 0 spiro atoms. The fraction of sp³-hybridized carbons (Fsp3) is 0.143. The fourth-order valence-corrected chi connectivity index (χ4v) is 2.67. The minimum absolute atomic E-state index is 0.375. The second-order valence-electron chi connectivity index (χ2n) is 4.18. The second kappa shape index (κ2) is 6.10. The van der Waals surface area contributed by atoms with Gasteiger partial charge in [0.15, 0.2) is 0 Å². The average Bonchev–Trinajstić information content (AvgIpc) is 2.37. The molecule has 2 N–H and O–H groups in total. The molecule has 0 heterocycles. The monoisotopic (exact) mass is 317 g/mol. The Morgan fingerprint density at radius 1 is 1.00 bits per heavy atom. The molecule has 2 aromatic rings. The van der Waals surface area contributed by atoms with E-state index in [4.69, 9.17) is 40.5 Å². The van der Waals surface area contributed by atoms with Crippen molar-refractivity contribution in [2.75, 3.05) is 0 Å². The highest BCUT2D eigenvalue weighted by atomic mass is 35.5. The van der Waals surface area contributed by atoms with Gasteiger partial charge in [-0.1, -0.05) is 40.9 Å². The van der Waals surface area contributed by atoms with Gasteiger partial charge in [0.25, 0.3) is 0 Å². The lowest BCUT2D eigenvalue weighted by molar-refractivity contribution is 0.618. The van der Waals surface area contributed by atoms with Gasteiger partial charge < -0.3 is 5.73 Å². The summed E-state index contributed by atoms with van der Waals surface area (Å²) >= 11 is 18.2. The number of hydrogen-bond donors (Lipinski definition) is 1. The van der Waals surface area contributed by atoms with Gasteiger partial charge in [-0.05, 0) is 47.9 Å². The SMILES string of the molecule is NC(Cc1c(Cl)cccc1Cl)c1cc(F)ccc1Cl. The van der Waals surface area contributed by atoms with E-state index in [1.807, 2.05) is 0 Å². The molecular formula is C14H11Cl3FN. The molecule has 0 aliphatic heterocycles. The van der Waals surface area contributed by atoms with E-state index in [0.29, 0.717) is 27.1 Å². The third-order valence-electron chi connectivity index (χ3n) is 2.84. The molecule has 0 saturated carbocycles. The maximum atomic E-state index is 13.2. The smallest absolute Gasteiger partial charge is 0.123 e. The van der Waals surface area contributed by atoms with Gasteiger partial charge in [0, 0.05) is 21.1 Å². The van der Waals surface area contributed by atoms with Gasteiger partial charge in [-0.3, -0.25) is 0 Å². The van der Waals surface area contributed by atoms with Crippen molar-refractivity contribution < 1.29 is 4.39 Å². The van der Waals surface area contributed by atoms with Crippen molar-refractivity contribution in [3.05, 3.63) is 68.4 Å². The molecular weight excluding hydrogens is 308 g/mol. The van der Waals surface area contributed by atoms with E-state index < -0.39 is 6.04 Å². The predicted octanol–water partition coefficient (Wildman–Crippen LogP) is 5.03. The normalized spacial score (nSPS) is 12.5. The van der Waals surface area contributed by atoms with Gasteiger partial charge in [-0.15, -0.1) is 0 Å². The highest BCUT2D eigenvalue weighted by molar-refractivity contribution is 6.36. The van der Waals surface area contributed by atoms with Crippen molar-refractivity contribution in [1.82, 2.24) is 0 Å². The first-order valence-electron chi connectivity index (χ1n) is 5.62. The van der Waals surface area contributed by atoms with Crippen LogP contribution >= 0.6 is 34.8 Å². The molecule has 2 rings (SSSR count). The number of halogens is 4. The summed E-state index contributed by atoms with van der Waals surface area (Å²) in [5.41, 5.74) is 7.34. The highest BCUT2D eigenvalue weighted by Crippen LogP contribution is 2.31. The summed E-state index contributed by atoms with van der Waals surface area (Å²) in [4.78, 5) is 0. The number of rotatable bonds is 3. The number of nitrogens with two attached hydrogens (primary N) is 1. The largest absolute Gasteiger partial charge is 0.324 e. The molecule has 1 atom stereocenters. The highest BCUT2D eigenvalue weighted by Gasteiger charge is 2.15. The van der Waals surface area contributed by atoms with Crippen molar-refractivity contribution in [3.8, 4) is 0 Å². The van der Waals surface area contributed by atoms with E-state index >= 15 is 0 Å². The first-order valence-corrected chi connectivity index (χ1v) is 6.76. The summed E-state index contributed by atoms with van der Waals surface area (Å²) in [6.07, 6.45) is 0.391. The molecule has 0 aliphatic rings. The molecule has 0 radical (unpaired) electrons. The maximum Gasteiger partial charge on any atom is 0.123 e. The lowest BCUT2D eigenvalue weighted by atomic mass is 9.99. The summed E-state index contributed by atoms with van der Waals surface area (Å²) in [5.74, 6) is -0.375. The molecule has 0 fully saturated rings. The first-order chi connectivity index (χ1) is 8.99. The molecule has 100 valence electrons. The van der Waals surface area contributed by atoms with Gasteiger partial charge in [0.1, 0.15) is 5.82 Å². The zero-order valence-corrected chi connectivity index (χ0v) is 12.1. The van der Waals surface area contributed by atoms with Crippen molar-refractivity contribution in [3.63, 3.8) is 0 Å². The molecule has 5 heteroatoms. The molecule has 19 heavy (non-hydrogen) atoms. The standard InChI is InChI=1S/C14H11Cl3FN/c15-11-2-1-3-12(16)9(11)7-14(19)10-6-8(18)4-5-13(10)17/h1-6,14H,7,19H2. The van der Waals surface area contributed by atoms with Gasteiger partial charge in [-0.2, -0.15) is 0 Å². The van der Waals surface area contributed by atoms with Crippen LogP contribution in [-0.4, -0.2) is 0 Å². The van der Waals surface area contributed by atoms with Crippen LogP contribution in [-0.2, 0) is 6.42 Å². The Bertz CT molecular complexity index is 581. The van der Waals surface area contributed by atoms with Crippen LogP contribution in [0, 0.1) is 5.82 Å². The molecule has 2 aromatic carbocycles. The quantitative estimate of drug-likeness (QED) is 0.844. The Kier molecular flexibility index (Phi) is 4.69. The predicted molar refractivity (Wildman–Crippen MR) is 78.5 cm³/mol. The van der Waals surface area contributed by atoms with E-state index in [0.717, 1.165) is 5.56 Å². The molecule has 0 bridgehead atoms. The topological polar surface area (TPSA) is 26.0 Å². The summed E-state index contributed by atoms with van der Waals surface area (Å²) in [6, 6.07) is 8.87. The molecule has 1 nitrogen and oxygen atoms in total. The van der Waals surface area contributed by atoms with Crippen LogP contribution in [0.4, 0.5) is 4.39 Å². The van der Waals surface area contributed by atoms with E-state index in [-0.39, 0.29) is 5.82 Å². The molecule has 0 saturated heterocycles. The fourth-order valence-electron chi connectivity index (χ4n) is 1.86. The van der Waals surface area contributed by atoms with Gasteiger partial charge in [0.05, 0.1) is 0 Å². The van der Waals surface area contributed by atoms with Gasteiger partial charge in [0.2, 0.25) is 0 Å². The van der Waals surface area contributed by atoms with Crippen LogP contribution in [0.25, 0.3) is 0 Å². The Balaban J connectivity index is 2.31. The van der Waals surface area contributed by atoms with E-state index in [2.05, 4.69) is 0 Å². The Morgan fingerprint density at radius 2 is 1.63 bits per heavy atom. The lowest BCUT2D eigenvalue weighted by Crippen LogP contribution is -2.14. The van der Waals surface area contributed by atoms with Crippen molar-refractivity contribution in [1.29, 1.82) is 0 Å². The van der Waals surface area contributed by atoms with Crippen LogP contribution in [0.1, 0.15) is 17.2 Å². The summed E-state index contributed by atoms with van der Waals surface area (Å²) in [5, 5.41) is 1.50. The van der Waals surface area contributed by atoms with Crippen LogP contribution < -0.4 is 5.73 Å². The van der Waals surface area contributed by atoms with E-state index in [1.165, 1.54) is 18.2 Å². The van der Waals surface area contributed by atoms with Crippen molar-refractivity contribution in [2.24, 2.45) is 5.73 Å². The zero-order chi connectivity index (χ0) is 14.0. The third-order valence-corrected chi connectivity index (χ3v) is 3.90. The van der Waals surface area contributed by atoms with Gasteiger partial charge in [-0.25, -0.2) is 4.39 Å². The van der Waals surface area contributed by atoms with Crippen LogP contribution in [0.15, 0.2) is 36.4 Å². The second-order valence-corrected chi connectivity index (χ2v) is 5.40. The minimum atomic E-state index is -0.472. The van der Waals surface area contributed by atoms with Crippen molar-refractivity contribution >= 4 is 34.8 Å². The van der Waals surface area contributed by atoms with Gasteiger partial charge >= 0.3 is 0 Å². The van der Waals surface area contributed by atoms with Crippen molar-refractivity contribution in [2.45, 2.75) is 12.5 Å². The average molecular weight is 319 g/mol.